The van der Waals surface area contributed by atoms with Crippen LogP contribution in [0.4, 0.5) is 0 Å². The molecule has 2 aromatic heterocycles. The minimum absolute atomic E-state index is 0.00386. The molecule has 0 saturated carbocycles. The summed E-state index contributed by atoms with van der Waals surface area (Å²) in [5.41, 5.74) is 7.22. The van der Waals surface area contributed by atoms with Gasteiger partial charge in [0.05, 0.1) is 48.1 Å². The fourth-order valence-corrected chi connectivity index (χ4v) is 8.96. The van der Waals surface area contributed by atoms with Crippen LogP contribution in [0.15, 0.2) is 119 Å². The molecule has 2 aliphatic heterocycles. The van der Waals surface area contributed by atoms with Gasteiger partial charge in [-0.25, -0.2) is 28.8 Å². The molecule has 78 heavy (non-hydrogen) atoms. The van der Waals surface area contributed by atoms with Crippen LogP contribution in [0.2, 0.25) is 0 Å². The first-order chi connectivity index (χ1) is 37.3. The van der Waals surface area contributed by atoms with Crippen LogP contribution in [0.5, 0.6) is 0 Å². The Labute approximate surface area is 450 Å². The van der Waals surface area contributed by atoms with E-state index >= 15 is 0 Å². The van der Waals surface area contributed by atoms with E-state index in [1.807, 2.05) is 60.6 Å². The highest BCUT2D eigenvalue weighted by Crippen LogP contribution is 2.32. The first-order valence-electron chi connectivity index (χ1n) is 25.5. The number of carbonyl (C=O) groups excluding carboxylic acids is 6. The highest BCUT2D eigenvalue weighted by molar-refractivity contribution is 5.98. The lowest BCUT2D eigenvalue weighted by Crippen LogP contribution is -2.31. The molecule has 6 unspecified atom stereocenters. The fourth-order valence-electron chi connectivity index (χ4n) is 8.96. The number of aryl methyl sites for hydroxylation is 4. The van der Waals surface area contributed by atoms with Crippen molar-refractivity contribution >= 4 is 35.4 Å². The lowest BCUT2D eigenvalue weighted by molar-refractivity contribution is -0.157. The summed E-state index contributed by atoms with van der Waals surface area (Å²) in [5.74, 6) is -3.06. The zero-order valence-electron chi connectivity index (χ0n) is 44.5. The van der Waals surface area contributed by atoms with Gasteiger partial charge in [0.25, 0.3) is 0 Å². The minimum atomic E-state index is -0.886. The summed E-state index contributed by atoms with van der Waals surface area (Å²) in [6.07, 6.45) is -0.542. The van der Waals surface area contributed by atoms with E-state index in [9.17, 15) is 43.5 Å². The number of hydrogen-bond donors (Lipinski definition) is 1. The number of carbonyl (C=O) groups is 6. The van der Waals surface area contributed by atoms with E-state index in [0.717, 1.165) is 33.4 Å². The molecule has 0 radical (unpaired) electrons. The standard InChI is InChI=1S/C30H32N2O7.C29H30N2O8/c1-5-25-26(39-28(34)17-37-29(35)22-13-18(2)20(4)19(3)14-22)16-27(38-25)32-12-11-23(31-30(32)36)15-24(33)21-9-7-6-8-10-21;1-17-11-21(12-18(2)19(17)3)28(35)37-16-27(34)39-24-14-26(38-25(24)15-32)31-10-9-22(30-29(31)36)13-23(33)20-7-5-4-6-8-20/h6-14,25-27H,5,15-17H2,1-4H3;4-12,24-26,32H,13-16H2,1-3H3. The van der Waals surface area contributed by atoms with Gasteiger partial charge in [0.2, 0.25) is 0 Å². The summed E-state index contributed by atoms with van der Waals surface area (Å²) < 4.78 is 35.5. The number of aliphatic hydroxyl groups excluding tert-OH is 1. The summed E-state index contributed by atoms with van der Waals surface area (Å²) in [6, 6.07) is 27.5. The van der Waals surface area contributed by atoms with Gasteiger partial charge in [0, 0.05) is 36.4 Å². The van der Waals surface area contributed by atoms with Gasteiger partial charge in [-0.2, -0.15) is 9.97 Å². The zero-order valence-corrected chi connectivity index (χ0v) is 44.5. The predicted octanol–water partition coefficient (Wildman–Crippen LogP) is 6.70. The highest BCUT2D eigenvalue weighted by atomic mass is 16.6. The number of ether oxygens (including phenoxy) is 6. The van der Waals surface area contributed by atoms with Crippen molar-refractivity contribution in [3.8, 4) is 0 Å². The molecule has 2 fully saturated rings. The van der Waals surface area contributed by atoms with Crippen LogP contribution in [-0.2, 0) is 50.9 Å². The number of esters is 4. The quantitative estimate of drug-likeness (QED) is 0.0534. The molecule has 4 aromatic carbocycles. The van der Waals surface area contributed by atoms with Gasteiger partial charge in [-0.3, -0.25) is 18.7 Å². The molecule has 19 heteroatoms. The van der Waals surface area contributed by atoms with Gasteiger partial charge < -0.3 is 33.5 Å². The van der Waals surface area contributed by atoms with Crippen molar-refractivity contribution in [3.05, 3.63) is 197 Å². The van der Waals surface area contributed by atoms with Crippen LogP contribution >= 0.6 is 0 Å². The second-order valence-corrected chi connectivity index (χ2v) is 19.1. The van der Waals surface area contributed by atoms with Crippen LogP contribution in [-0.4, -0.2) is 104 Å². The van der Waals surface area contributed by atoms with Crippen molar-refractivity contribution in [2.75, 3.05) is 19.8 Å². The Balaban J connectivity index is 0.000000226. The van der Waals surface area contributed by atoms with Gasteiger partial charge in [0.1, 0.15) is 30.8 Å². The molecule has 8 rings (SSSR count). The molecule has 6 atom stereocenters. The van der Waals surface area contributed by atoms with Gasteiger partial charge in [-0.05, 0) is 118 Å². The Morgan fingerprint density at radius 3 is 1.28 bits per heavy atom. The Morgan fingerprint density at radius 1 is 0.551 bits per heavy atom. The molecule has 1 N–H and O–H groups in total. The van der Waals surface area contributed by atoms with Crippen molar-refractivity contribution < 1.29 is 62.3 Å². The van der Waals surface area contributed by atoms with Gasteiger partial charge >= 0.3 is 35.3 Å². The molecule has 0 aliphatic carbocycles. The summed E-state index contributed by atoms with van der Waals surface area (Å²) in [7, 11) is 0. The summed E-state index contributed by atoms with van der Waals surface area (Å²) in [5, 5.41) is 9.73. The molecule has 6 aromatic rings. The number of Topliss-reactive ketones (excluding diaryl/α,β-unsaturated/α-hetero) is 2. The van der Waals surface area contributed by atoms with E-state index in [0.29, 0.717) is 40.1 Å². The Bertz CT molecular complexity index is 3040. The molecule has 0 spiro atoms. The topological polar surface area (TPSA) is 248 Å². The third kappa shape index (κ3) is 14.6. The molecule has 408 valence electrons. The van der Waals surface area contributed by atoms with E-state index in [-0.39, 0.29) is 37.2 Å². The van der Waals surface area contributed by atoms with Crippen LogP contribution in [0.3, 0.4) is 0 Å². The van der Waals surface area contributed by atoms with Crippen LogP contribution in [0.1, 0.15) is 125 Å². The first kappa shape index (κ1) is 57.4. The SMILES string of the molecule is CCC1OC(n2ccc(CC(=O)c3ccccc3)nc2=O)CC1OC(=O)COC(=O)c1cc(C)c(C)c(C)c1.Cc1cc(C(=O)OCC(=O)OC2CC(n3ccc(CC(=O)c4ccccc4)nc3=O)OC2CO)cc(C)c1C. The Hall–Kier alpha value is -8.26. The lowest BCUT2D eigenvalue weighted by atomic mass is 10.0. The Kier molecular flexibility index (Phi) is 19.3. The van der Waals surface area contributed by atoms with E-state index in [1.165, 1.54) is 21.5 Å². The maximum Gasteiger partial charge on any atom is 0.349 e. The van der Waals surface area contributed by atoms with Crippen molar-refractivity contribution in [3.63, 3.8) is 0 Å². The molecule has 0 amide bonds. The average Bonchev–Trinajstić information content (AvgIpc) is 4.08. The molecular formula is C59H62N4O15. The van der Waals surface area contributed by atoms with Crippen molar-refractivity contribution in [2.45, 2.75) is 117 Å². The summed E-state index contributed by atoms with van der Waals surface area (Å²) >= 11 is 0. The number of rotatable bonds is 18. The monoisotopic (exact) mass is 1070 g/mol. The normalized spacial score (nSPS) is 18.5. The highest BCUT2D eigenvalue weighted by Gasteiger charge is 2.40. The second kappa shape index (κ2) is 26.2. The van der Waals surface area contributed by atoms with E-state index in [2.05, 4.69) is 9.97 Å². The van der Waals surface area contributed by atoms with Crippen LogP contribution in [0, 0.1) is 41.5 Å². The predicted molar refractivity (Wildman–Crippen MR) is 282 cm³/mol. The Morgan fingerprint density at radius 2 is 0.923 bits per heavy atom. The molecule has 2 saturated heterocycles. The van der Waals surface area contributed by atoms with Crippen molar-refractivity contribution in [1.29, 1.82) is 0 Å². The molecular weight excluding hydrogens is 1000 g/mol. The van der Waals surface area contributed by atoms with Gasteiger partial charge in [0.15, 0.2) is 24.8 Å². The smallest absolute Gasteiger partial charge is 0.349 e. The number of hydrogen-bond acceptors (Lipinski definition) is 17. The third-order valence-electron chi connectivity index (χ3n) is 13.7. The molecule has 2 aliphatic rings. The first-order valence-corrected chi connectivity index (χ1v) is 25.5. The number of aliphatic hydroxyl groups is 1. The molecule has 19 nitrogen and oxygen atoms in total. The van der Waals surface area contributed by atoms with Crippen LogP contribution in [0.25, 0.3) is 0 Å². The fraction of sp³-hybridized carbons (Fsp3) is 0.356. The number of benzene rings is 4. The number of aromatic nitrogens is 4. The molecule has 0 bridgehead atoms. The average molecular weight is 1070 g/mol. The minimum Gasteiger partial charge on any atom is -0.457 e. The summed E-state index contributed by atoms with van der Waals surface area (Å²) in [6.45, 7) is 11.8. The second-order valence-electron chi connectivity index (χ2n) is 19.1. The third-order valence-corrected chi connectivity index (χ3v) is 13.7. The van der Waals surface area contributed by atoms with E-state index in [4.69, 9.17) is 28.4 Å². The summed E-state index contributed by atoms with van der Waals surface area (Å²) in [4.78, 5) is 108. The van der Waals surface area contributed by atoms with Crippen molar-refractivity contribution in [1.82, 2.24) is 19.1 Å². The molecule has 4 heterocycles. The number of nitrogens with zero attached hydrogens (tertiary/aromatic N) is 4. The lowest BCUT2D eigenvalue weighted by Gasteiger charge is -2.17. The maximum absolute atomic E-state index is 12.7. The zero-order chi connectivity index (χ0) is 56.2. The number of ketones is 2. The van der Waals surface area contributed by atoms with Gasteiger partial charge in [-0.15, -0.1) is 0 Å². The van der Waals surface area contributed by atoms with E-state index in [1.54, 1.807) is 84.9 Å². The largest absolute Gasteiger partial charge is 0.457 e. The maximum atomic E-state index is 12.7. The van der Waals surface area contributed by atoms with E-state index < -0.39 is 91.9 Å². The van der Waals surface area contributed by atoms with Crippen LogP contribution < -0.4 is 11.4 Å². The van der Waals surface area contributed by atoms with Crippen molar-refractivity contribution in [2.24, 2.45) is 0 Å². The van der Waals surface area contributed by atoms with Gasteiger partial charge in [-0.1, -0.05) is 67.6 Å².